The van der Waals surface area contributed by atoms with Crippen LogP contribution in [0.1, 0.15) is 28.5 Å². The Kier molecular flexibility index (Phi) is 7.57. The summed E-state index contributed by atoms with van der Waals surface area (Å²) in [7, 11) is 1.57. The van der Waals surface area contributed by atoms with E-state index in [0.29, 0.717) is 28.3 Å². The van der Waals surface area contributed by atoms with E-state index < -0.39 is 5.91 Å². The van der Waals surface area contributed by atoms with Crippen molar-refractivity contribution in [3.8, 4) is 11.5 Å². The van der Waals surface area contributed by atoms with Crippen molar-refractivity contribution in [2.45, 2.75) is 33.4 Å². The largest absolute Gasteiger partial charge is 0.493 e. The summed E-state index contributed by atoms with van der Waals surface area (Å²) in [5.41, 5.74) is 5.18. The average molecular weight is 491 g/mol. The molecule has 0 saturated carbocycles. The van der Waals surface area contributed by atoms with Crippen LogP contribution < -0.4 is 20.5 Å². The van der Waals surface area contributed by atoms with Crippen molar-refractivity contribution >= 4 is 33.7 Å². The number of aryl methyl sites for hydroxylation is 2. The van der Waals surface area contributed by atoms with Crippen LogP contribution in [0, 0.1) is 6.92 Å². The van der Waals surface area contributed by atoms with Crippen molar-refractivity contribution in [3.05, 3.63) is 86.8 Å². The lowest BCUT2D eigenvalue weighted by molar-refractivity contribution is -0.121. The minimum atomic E-state index is -0.430. The first-order valence-electron chi connectivity index (χ1n) is 11.1. The number of amides is 1. The van der Waals surface area contributed by atoms with Gasteiger partial charge in [-0.15, -0.1) is 11.3 Å². The van der Waals surface area contributed by atoms with Crippen LogP contribution in [0.4, 0.5) is 0 Å². The molecule has 0 aliphatic heterocycles. The summed E-state index contributed by atoms with van der Waals surface area (Å²) in [6.07, 6.45) is 3.73. The number of fused-ring (bicyclic) bond motifs is 1. The molecule has 0 fully saturated rings. The third-order valence-corrected chi connectivity index (χ3v) is 6.52. The monoisotopic (exact) mass is 490 g/mol. The van der Waals surface area contributed by atoms with Crippen LogP contribution in [-0.2, 0) is 24.4 Å². The number of carbonyl (C=O) groups excluding carboxylic acids is 1. The van der Waals surface area contributed by atoms with Gasteiger partial charge in [0.15, 0.2) is 11.5 Å². The lowest BCUT2D eigenvalue weighted by Crippen LogP contribution is -2.29. The number of hydrogen-bond donors (Lipinski definition) is 1. The van der Waals surface area contributed by atoms with E-state index in [-0.39, 0.29) is 12.1 Å². The molecule has 9 heteroatoms. The first kappa shape index (κ1) is 24.2. The second kappa shape index (κ2) is 11.0. The minimum Gasteiger partial charge on any atom is -0.493 e. The molecule has 8 nitrogen and oxygen atoms in total. The number of carbonyl (C=O) groups is 1. The number of nitrogens with one attached hydrogen (secondary N) is 1. The summed E-state index contributed by atoms with van der Waals surface area (Å²) < 4.78 is 12.6. The fourth-order valence-electron chi connectivity index (χ4n) is 3.39. The Hall–Kier alpha value is -3.98. The Labute approximate surface area is 206 Å². The van der Waals surface area contributed by atoms with Crippen molar-refractivity contribution in [2.75, 3.05) is 7.11 Å². The Bertz CT molecular complexity index is 1420. The molecular formula is C26H26N4O4S. The number of aromatic nitrogens is 2. The molecule has 180 valence electrons. The highest BCUT2D eigenvalue weighted by molar-refractivity contribution is 7.18. The highest BCUT2D eigenvalue weighted by Crippen LogP contribution is 2.28. The Morgan fingerprint density at radius 3 is 2.71 bits per heavy atom. The van der Waals surface area contributed by atoms with Gasteiger partial charge < -0.3 is 9.47 Å². The second-order valence-corrected chi connectivity index (χ2v) is 9.06. The lowest BCUT2D eigenvalue weighted by Gasteiger charge is -2.11. The topological polar surface area (TPSA) is 94.8 Å². The standard InChI is InChI=1S/C26H26N4O4S/c1-4-20-12-21-25(35-20)27-16-30(26(21)32)14-24(31)29-28-13-19-9-10-22(23(11-19)33-3)34-15-18-7-5-17(2)6-8-18/h5-13,16H,4,14-15H2,1-3H3,(H,29,31). The fraction of sp³-hybridized carbons (Fsp3) is 0.231. The number of rotatable bonds is 9. The van der Waals surface area contributed by atoms with Gasteiger partial charge in [-0.1, -0.05) is 36.8 Å². The molecule has 1 amide bonds. The molecule has 0 aliphatic carbocycles. The molecular weight excluding hydrogens is 464 g/mol. The maximum Gasteiger partial charge on any atom is 0.262 e. The highest BCUT2D eigenvalue weighted by Gasteiger charge is 2.11. The van der Waals surface area contributed by atoms with Crippen LogP contribution in [0.25, 0.3) is 10.2 Å². The van der Waals surface area contributed by atoms with Crippen LogP contribution in [0.5, 0.6) is 11.5 Å². The minimum absolute atomic E-state index is 0.175. The van der Waals surface area contributed by atoms with Gasteiger partial charge in [-0.2, -0.15) is 5.10 Å². The number of nitrogens with zero attached hydrogens (tertiary/aromatic N) is 3. The van der Waals surface area contributed by atoms with Gasteiger partial charge in [-0.25, -0.2) is 10.4 Å². The van der Waals surface area contributed by atoms with Crippen molar-refractivity contribution < 1.29 is 14.3 Å². The zero-order valence-corrected chi connectivity index (χ0v) is 20.6. The van der Waals surface area contributed by atoms with Crippen LogP contribution in [0.3, 0.4) is 0 Å². The summed E-state index contributed by atoms with van der Waals surface area (Å²) in [6, 6.07) is 15.3. The van der Waals surface area contributed by atoms with Crippen LogP contribution in [0.15, 0.2) is 64.8 Å². The van der Waals surface area contributed by atoms with Crippen molar-refractivity contribution in [3.63, 3.8) is 0 Å². The third-order valence-electron chi connectivity index (χ3n) is 5.34. The molecule has 0 atom stereocenters. The smallest absolute Gasteiger partial charge is 0.262 e. The number of ether oxygens (including phenoxy) is 2. The van der Waals surface area contributed by atoms with Gasteiger partial charge in [-0.3, -0.25) is 14.2 Å². The molecule has 2 aromatic carbocycles. The predicted molar refractivity (Wildman–Crippen MR) is 137 cm³/mol. The van der Waals surface area contributed by atoms with Gasteiger partial charge in [-0.05, 0) is 48.7 Å². The zero-order valence-electron chi connectivity index (χ0n) is 19.8. The quantitative estimate of drug-likeness (QED) is 0.282. The number of hydrazone groups is 1. The van der Waals surface area contributed by atoms with E-state index in [1.54, 1.807) is 19.2 Å². The van der Waals surface area contributed by atoms with E-state index in [0.717, 1.165) is 22.4 Å². The summed E-state index contributed by atoms with van der Waals surface area (Å²) in [4.78, 5) is 31.0. The molecule has 4 aromatic rings. The van der Waals surface area contributed by atoms with Gasteiger partial charge in [0, 0.05) is 4.88 Å². The molecule has 2 aromatic heterocycles. The number of hydrogen-bond acceptors (Lipinski definition) is 7. The second-order valence-electron chi connectivity index (χ2n) is 7.94. The molecule has 0 radical (unpaired) electrons. The SMILES string of the molecule is CCc1cc2c(=O)n(CC(=O)NN=Cc3ccc(OCc4ccc(C)cc4)c(OC)c3)cnc2s1. The maximum absolute atomic E-state index is 12.6. The molecule has 0 spiro atoms. The summed E-state index contributed by atoms with van der Waals surface area (Å²) in [6.45, 7) is 4.31. The van der Waals surface area contributed by atoms with Crippen LogP contribution >= 0.6 is 11.3 Å². The predicted octanol–water partition coefficient (Wildman–Crippen LogP) is 4.07. The van der Waals surface area contributed by atoms with Gasteiger partial charge in [0.2, 0.25) is 0 Å². The van der Waals surface area contributed by atoms with Crippen molar-refractivity contribution in [1.82, 2.24) is 15.0 Å². The first-order valence-corrected chi connectivity index (χ1v) is 11.9. The Balaban J connectivity index is 1.36. The van der Waals surface area contributed by atoms with E-state index in [1.165, 1.54) is 34.0 Å². The number of thiophene rings is 1. The van der Waals surface area contributed by atoms with E-state index >= 15 is 0 Å². The van der Waals surface area contributed by atoms with Crippen molar-refractivity contribution in [1.29, 1.82) is 0 Å². The van der Waals surface area contributed by atoms with E-state index in [4.69, 9.17) is 9.47 Å². The molecule has 0 unspecified atom stereocenters. The van der Waals surface area contributed by atoms with E-state index in [1.807, 2.05) is 50.2 Å². The van der Waals surface area contributed by atoms with Gasteiger partial charge in [0.1, 0.15) is 18.0 Å². The molecule has 1 N–H and O–H groups in total. The zero-order chi connectivity index (χ0) is 24.8. The van der Waals surface area contributed by atoms with Crippen LogP contribution in [0.2, 0.25) is 0 Å². The average Bonchev–Trinajstić information content (AvgIpc) is 3.30. The molecule has 4 rings (SSSR count). The number of benzene rings is 2. The third kappa shape index (κ3) is 5.93. The molecule has 2 heterocycles. The van der Waals surface area contributed by atoms with E-state index in [2.05, 4.69) is 15.5 Å². The van der Waals surface area contributed by atoms with Crippen LogP contribution in [-0.4, -0.2) is 28.8 Å². The number of methoxy groups -OCH3 is 1. The van der Waals surface area contributed by atoms with Gasteiger partial charge >= 0.3 is 0 Å². The van der Waals surface area contributed by atoms with Gasteiger partial charge in [0.05, 0.1) is 25.0 Å². The Morgan fingerprint density at radius 2 is 1.97 bits per heavy atom. The maximum atomic E-state index is 12.6. The molecule has 0 aliphatic rings. The summed E-state index contributed by atoms with van der Waals surface area (Å²) in [5, 5.41) is 4.53. The summed E-state index contributed by atoms with van der Waals surface area (Å²) in [5.74, 6) is 0.733. The van der Waals surface area contributed by atoms with Crippen molar-refractivity contribution in [2.24, 2.45) is 5.10 Å². The molecule has 0 bridgehead atoms. The summed E-state index contributed by atoms with van der Waals surface area (Å²) >= 11 is 1.49. The Morgan fingerprint density at radius 1 is 1.17 bits per heavy atom. The highest BCUT2D eigenvalue weighted by atomic mass is 32.1. The first-order chi connectivity index (χ1) is 17.0. The molecule has 35 heavy (non-hydrogen) atoms. The van der Waals surface area contributed by atoms with Gasteiger partial charge in [0.25, 0.3) is 11.5 Å². The van der Waals surface area contributed by atoms with E-state index in [9.17, 15) is 9.59 Å². The molecule has 0 saturated heterocycles. The normalized spacial score (nSPS) is 11.2. The fourth-order valence-corrected chi connectivity index (χ4v) is 4.32. The lowest BCUT2D eigenvalue weighted by atomic mass is 10.2.